The van der Waals surface area contributed by atoms with Crippen molar-refractivity contribution in [3.8, 4) is 0 Å². The van der Waals surface area contributed by atoms with Crippen LogP contribution in [0.5, 0.6) is 0 Å². The zero-order chi connectivity index (χ0) is 21.9. The molecule has 31 heavy (non-hydrogen) atoms. The van der Waals surface area contributed by atoms with Crippen molar-refractivity contribution in [1.29, 1.82) is 0 Å². The number of hydrogen-bond acceptors (Lipinski definition) is 3. The highest BCUT2D eigenvalue weighted by atomic mass is 79.9. The largest absolute Gasteiger partial charge is 0.322 e. The van der Waals surface area contributed by atoms with E-state index in [4.69, 9.17) is 0 Å². The van der Waals surface area contributed by atoms with Crippen molar-refractivity contribution in [2.24, 2.45) is 23.7 Å². The minimum atomic E-state index is -0.246. The van der Waals surface area contributed by atoms with Gasteiger partial charge in [-0.05, 0) is 60.6 Å². The van der Waals surface area contributed by atoms with Crippen molar-refractivity contribution in [3.05, 3.63) is 59.7 Å². The number of hydrogen-bond donors (Lipinski definition) is 1. The lowest BCUT2D eigenvalue weighted by atomic mass is 9.81. The molecule has 1 aliphatic heterocycles. The van der Waals surface area contributed by atoms with E-state index in [-0.39, 0.29) is 51.0 Å². The van der Waals surface area contributed by atoms with E-state index < -0.39 is 0 Å². The zero-order valence-electron chi connectivity index (χ0n) is 16.9. The fourth-order valence-corrected chi connectivity index (χ4v) is 7.38. The highest BCUT2D eigenvalue weighted by Gasteiger charge is 2.66. The Balaban J connectivity index is 1.35. The summed E-state index contributed by atoms with van der Waals surface area (Å²) in [7, 11) is 0. The number of para-hydroxylation sites is 1. The quantitative estimate of drug-likeness (QED) is 0.444. The van der Waals surface area contributed by atoms with Crippen LogP contribution in [-0.2, 0) is 16.0 Å². The molecular formula is C24H22Br2N2O3. The summed E-state index contributed by atoms with van der Waals surface area (Å²) in [6.45, 7) is 2.04. The van der Waals surface area contributed by atoms with Gasteiger partial charge in [0.2, 0.25) is 11.8 Å². The standard InChI is InChI=1S/C24H22Br2N2O3/c1-2-12-5-3-4-6-17(12)27-22(29)13-7-9-14(10-8-13)28-23(30)18-15-11-16(19(18)24(28)31)21(26)20(15)25/h3-10,15-16,18-21H,2,11H2,1H3,(H,27,29)/t15-,16-,18-,19+,20+,21+/m1/s1. The molecule has 3 amide bonds. The number of carbonyl (C=O) groups excluding carboxylic acids is 3. The molecule has 3 aliphatic rings. The Bertz CT molecular complexity index is 1040. The van der Waals surface area contributed by atoms with Gasteiger partial charge in [-0.3, -0.25) is 19.3 Å². The van der Waals surface area contributed by atoms with Crippen LogP contribution in [0.1, 0.15) is 29.3 Å². The van der Waals surface area contributed by atoms with Crippen LogP contribution in [0, 0.1) is 23.7 Å². The molecule has 5 nitrogen and oxygen atoms in total. The summed E-state index contributed by atoms with van der Waals surface area (Å²) in [6, 6.07) is 14.4. The number of alkyl halides is 2. The molecule has 2 saturated carbocycles. The van der Waals surface area contributed by atoms with Gasteiger partial charge in [0.05, 0.1) is 17.5 Å². The Morgan fingerprint density at radius 1 is 0.968 bits per heavy atom. The van der Waals surface area contributed by atoms with Gasteiger partial charge in [0, 0.05) is 20.9 Å². The number of fused-ring (bicyclic) bond motifs is 5. The van der Waals surface area contributed by atoms with Crippen LogP contribution in [-0.4, -0.2) is 27.4 Å². The number of halogens is 2. The van der Waals surface area contributed by atoms with Crippen molar-refractivity contribution in [2.45, 2.75) is 29.4 Å². The summed E-state index contributed by atoms with van der Waals surface area (Å²) in [5, 5.41) is 2.95. The highest BCUT2D eigenvalue weighted by Crippen LogP contribution is 2.60. The second-order valence-corrected chi connectivity index (χ2v) is 10.6. The van der Waals surface area contributed by atoms with Gasteiger partial charge < -0.3 is 5.32 Å². The van der Waals surface area contributed by atoms with Crippen LogP contribution >= 0.6 is 31.9 Å². The van der Waals surface area contributed by atoms with E-state index in [1.165, 1.54) is 4.90 Å². The van der Waals surface area contributed by atoms with Crippen molar-refractivity contribution < 1.29 is 14.4 Å². The zero-order valence-corrected chi connectivity index (χ0v) is 20.1. The first-order valence-corrected chi connectivity index (χ1v) is 12.4. The maximum absolute atomic E-state index is 13.2. The smallest absolute Gasteiger partial charge is 0.255 e. The molecule has 2 aromatic rings. The van der Waals surface area contributed by atoms with E-state index in [9.17, 15) is 14.4 Å². The van der Waals surface area contributed by atoms with E-state index >= 15 is 0 Å². The Kier molecular flexibility index (Phi) is 5.29. The number of amides is 3. The average molecular weight is 546 g/mol. The van der Waals surface area contributed by atoms with Crippen molar-refractivity contribution in [1.82, 2.24) is 0 Å². The van der Waals surface area contributed by atoms with Crippen LogP contribution in [0.15, 0.2) is 48.5 Å². The number of nitrogens with zero attached hydrogens (tertiary/aromatic N) is 1. The van der Waals surface area contributed by atoms with Gasteiger partial charge in [0.15, 0.2) is 0 Å². The van der Waals surface area contributed by atoms with Crippen molar-refractivity contribution in [3.63, 3.8) is 0 Å². The summed E-state index contributed by atoms with van der Waals surface area (Å²) < 4.78 is 0. The molecule has 0 aromatic heterocycles. The van der Waals surface area contributed by atoms with E-state index in [0.717, 1.165) is 24.1 Å². The third-order valence-corrected chi connectivity index (χ3v) is 10.2. The fourth-order valence-electron chi connectivity index (χ4n) is 5.51. The van der Waals surface area contributed by atoms with E-state index in [2.05, 4.69) is 37.2 Å². The summed E-state index contributed by atoms with van der Waals surface area (Å²) in [4.78, 5) is 40.8. The molecule has 0 radical (unpaired) electrons. The van der Waals surface area contributed by atoms with Crippen LogP contribution in [0.3, 0.4) is 0 Å². The summed E-state index contributed by atoms with van der Waals surface area (Å²) in [5.41, 5.74) is 2.87. The fraction of sp³-hybridized carbons (Fsp3) is 0.375. The molecule has 160 valence electrons. The number of aryl methyl sites for hydroxylation is 1. The van der Waals surface area contributed by atoms with Gasteiger partial charge >= 0.3 is 0 Å². The summed E-state index contributed by atoms with van der Waals surface area (Å²) in [5.74, 6) is -0.561. The van der Waals surface area contributed by atoms with E-state index in [0.29, 0.717) is 11.3 Å². The lowest BCUT2D eigenvalue weighted by Gasteiger charge is -2.28. The van der Waals surface area contributed by atoms with Crippen molar-refractivity contribution >= 4 is 61.0 Å². The lowest BCUT2D eigenvalue weighted by Crippen LogP contribution is -2.37. The number of carbonyl (C=O) groups is 3. The van der Waals surface area contributed by atoms with Gasteiger partial charge in [-0.1, -0.05) is 57.0 Å². The van der Waals surface area contributed by atoms with Gasteiger partial charge in [-0.25, -0.2) is 0 Å². The topological polar surface area (TPSA) is 66.5 Å². The molecule has 5 rings (SSSR count). The molecule has 2 aromatic carbocycles. The SMILES string of the molecule is CCc1ccccc1NC(=O)c1ccc(N2C(=O)[C@@H]3[C@H]4C[C@@H]([C@H](Br)[C@H]4Br)[C@@H]3C2=O)cc1. The first-order valence-electron chi connectivity index (χ1n) is 10.6. The first kappa shape index (κ1) is 20.9. The van der Waals surface area contributed by atoms with Crippen LogP contribution in [0.4, 0.5) is 11.4 Å². The highest BCUT2D eigenvalue weighted by molar-refractivity contribution is 9.12. The molecule has 7 heteroatoms. The minimum Gasteiger partial charge on any atom is -0.322 e. The Hall–Kier alpha value is -1.99. The average Bonchev–Trinajstić information content (AvgIpc) is 3.39. The Morgan fingerprint density at radius 2 is 1.55 bits per heavy atom. The molecular weight excluding hydrogens is 524 g/mol. The van der Waals surface area contributed by atoms with Crippen LogP contribution in [0.25, 0.3) is 0 Å². The van der Waals surface area contributed by atoms with Crippen LogP contribution in [0.2, 0.25) is 0 Å². The first-order chi connectivity index (χ1) is 14.9. The maximum Gasteiger partial charge on any atom is 0.255 e. The number of rotatable bonds is 4. The monoisotopic (exact) mass is 544 g/mol. The van der Waals surface area contributed by atoms with Gasteiger partial charge in [-0.15, -0.1) is 0 Å². The van der Waals surface area contributed by atoms with Crippen molar-refractivity contribution in [2.75, 3.05) is 10.2 Å². The molecule has 0 spiro atoms. The summed E-state index contributed by atoms with van der Waals surface area (Å²) >= 11 is 7.42. The second kappa shape index (κ2) is 7.85. The predicted molar refractivity (Wildman–Crippen MR) is 127 cm³/mol. The number of anilines is 2. The molecule has 2 bridgehead atoms. The normalized spacial score (nSPS) is 31.3. The molecule has 6 atom stereocenters. The predicted octanol–water partition coefficient (Wildman–Crippen LogP) is 4.78. The molecule has 3 fully saturated rings. The van der Waals surface area contributed by atoms with E-state index in [1.807, 2.05) is 31.2 Å². The van der Waals surface area contributed by atoms with Gasteiger partial charge in [0.25, 0.3) is 5.91 Å². The second-order valence-electron chi connectivity index (χ2n) is 8.53. The van der Waals surface area contributed by atoms with Gasteiger partial charge in [-0.2, -0.15) is 0 Å². The molecule has 1 saturated heterocycles. The minimum absolute atomic E-state index is 0.111. The number of imide groups is 1. The molecule has 1 heterocycles. The maximum atomic E-state index is 13.2. The third kappa shape index (κ3) is 3.20. The molecule has 2 aliphatic carbocycles. The molecule has 0 unspecified atom stereocenters. The third-order valence-electron chi connectivity index (χ3n) is 7.02. The number of benzene rings is 2. The van der Waals surface area contributed by atoms with Gasteiger partial charge in [0.1, 0.15) is 0 Å². The lowest BCUT2D eigenvalue weighted by molar-refractivity contribution is -0.123. The Morgan fingerprint density at radius 3 is 2.13 bits per heavy atom. The number of nitrogens with one attached hydrogen (secondary N) is 1. The van der Waals surface area contributed by atoms with E-state index in [1.54, 1.807) is 24.3 Å². The Labute approximate surface area is 197 Å². The van der Waals surface area contributed by atoms with Crippen LogP contribution < -0.4 is 10.2 Å². The summed E-state index contributed by atoms with van der Waals surface area (Å²) in [6.07, 6.45) is 1.73. The molecule has 1 N–H and O–H groups in total.